The molecule has 0 N–H and O–H groups in total. The van der Waals surface area contributed by atoms with Gasteiger partial charge in [-0.2, -0.15) is 5.10 Å². The molecule has 0 bridgehead atoms. The van der Waals surface area contributed by atoms with E-state index in [-0.39, 0.29) is 6.61 Å². The SMILES string of the molecule is COC(=O)c1ccc(COC(=O)c2ccc(Cn3cccn3)cc2)cc1. The molecule has 1 aromatic heterocycles. The summed E-state index contributed by atoms with van der Waals surface area (Å²) in [5.41, 5.74) is 2.78. The van der Waals surface area contributed by atoms with Crippen LogP contribution in [0, 0.1) is 0 Å². The Bertz CT molecular complexity index is 869. The second-order valence-corrected chi connectivity index (χ2v) is 5.67. The van der Waals surface area contributed by atoms with Gasteiger partial charge in [-0.15, -0.1) is 0 Å². The molecule has 2 aromatic carbocycles. The quantitative estimate of drug-likeness (QED) is 0.639. The smallest absolute Gasteiger partial charge is 0.338 e. The minimum Gasteiger partial charge on any atom is -0.465 e. The van der Waals surface area contributed by atoms with Crippen molar-refractivity contribution in [1.82, 2.24) is 9.78 Å². The van der Waals surface area contributed by atoms with Crippen molar-refractivity contribution in [2.75, 3.05) is 7.11 Å². The number of rotatable bonds is 6. The maximum Gasteiger partial charge on any atom is 0.338 e. The van der Waals surface area contributed by atoms with Crippen LogP contribution in [-0.2, 0) is 22.6 Å². The van der Waals surface area contributed by atoms with Crippen LogP contribution in [-0.4, -0.2) is 28.8 Å². The number of hydrogen-bond acceptors (Lipinski definition) is 5. The van der Waals surface area contributed by atoms with E-state index in [2.05, 4.69) is 9.84 Å². The molecule has 0 unspecified atom stereocenters. The van der Waals surface area contributed by atoms with Crippen LogP contribution >= 0.6 is 0 Å². The highest BCUT2D eigenvalue weighted by Gasteiger charge is 2.09. The van der Waals surface area contributed by atoms with E-state index < -0.39 is 11.9 Å². The molecule has 0 amide bonds. The van der Waals surface area contributed by atoms with Gasteiger partial charge in [0.2, 0.25) is 0 Å². The molecule has 26 heavy (non-hydrogen) atoms. The molecule has 1 heterocycles. The molecule has 6 heteroatoms. The first kappa shape index (κ1) is 17.4. The van der Waals surface area contributed by atoms with E-state index in [1.807, 2.05) is 29.1 Å². The fraction of sp³-hybridized carbons (Fsp3) is 0.150. The van der Waals surface area contributed by atoms with Crippen molar-refractivity contribution in [2.24, 2.45) is 0 Å². The van der Waals surface area contributed by atoms with Crippen LogP contribution in [0.1, 0.15) is 31.8 Å². The van der Waals surface area contributed by atoms with E-state index in [1.165, 1.54) is 7.11 Å². The van der Waals surface area contributed by atoms with Gasteiger partial charge in [0.05, 0.1) is 24.8 Å². The van der Waals surface area contributed by atoms with E-state index in [9.17, 15) is 9.59 Å². The zero-order valence-corrected chi connectivity index (χ0v) is 14.3. The summed E-state index contributed by atoms with van der Waals surface area (Å²) in [5.74, 6) is -0.795. The van der Waals surface area contributed by atoms with Crippen molar-refractivity contribution >= 4 is 11.9 Å². The predicted molar refractivity (Wildman–Crippen MR) is 94.7 cm³/mol. The van der Waals surface area contributed by atoms with Crippen molar-refractivity contribution in [3.8, 4) is 0 Å². The fourth-order valence-corrected chi connectivity index (χ4v) is 2.41. The number of benzene rings is 2. The lowest BCUT2D eigenvalue weighted by atomic mass is 10.1. The van der Waals surface area contributed by atoms with Crippen LogP contribution in [0.4, 0.5) is 0 Å². The highest BCUT2D eigenvalue weighted by Crippen LogP contribution is 2.11. The predicted octanol–water partition coefficient (Wildman–Crippen LogP) is 3.08. The van der Waals surface area contributed by atoms with Gasteiger partial charge in [-0.05, 0) is 41.5 Å². The van der Waals surface area contributed by atoms with Crippen LogP contribution in [0.15, 0.2) is 67.0 Å². The Morgan fingerprint density at radius 2 is 1.54 bits per heavy atom. The zero-order valence-electron chi connectivity index (χ0n) is 14.3. The Kier molecular flexibility index (Phi) is 5.43. The molecule has 0 atom stereocenters. The second kappa shape index (κ2) is 8.11. The van der Waals surface area contributed by atoms with E-state index in [0.717, 1.165) is 11.1 Å². The number of nitrogens with zero attached hydrogens (tertiary/aromatic N) is 2. The van der Waals surface area contributed by atoms with E-state index in [1.54, 1.807) is 42.6 Å². The van der Waals surface area contributed by atoms with Crippen molar-refractivity contribution in [2.45, 2.75) is 13.2 Å². The Balaban J connectivity index is 1.55. The Labute approximate surface area is 151 Å². The van der Waals surface area contributed by atoms with Crippen LogP contribution in [0.5, 0.6) is 0 Å². The molecule has 0 fully saturated rings. The molecule has 6 nitrogen and oxygen atoms in total. The normalized spacial score (nSPS) is 10.3. The largest absolute Gasteiger partial charge is 0.465 e. The molecule has 132 valence electrons. The molecule has 0 radical (unpaired) electrons. The standard InChI is InChI=1S/C20H18N2O4/c1-25-19(23)17-9-5-16(6-10-17)14-26-20(24)18-7-3-15(4-8-18)13-22-12-2-11-21-22/h2-12H,13-14H2,1H3. The Hall–Kier alpha value is -3.41. The summed E-state index contributed by atoms with van der Waals surface area (Å²) < 4.78 is 11.8. The number of carbonyl (C=O) groups is 2. The summed E-state index contributed by atoms with van der Waals surface area (Å²) in [4.78, 5) is 23.5. The van der Waals surface area contributed by atoms with Crippen molar-refractivity contribution in [1.29, 1.82) is 0 Å². The van der Waals surface area contributed by atoms with E-state index in [0.29, 0.717) is 17.7 Å². The minimum atomic E-state index is -0.399. The van der Waals surface area contributed by atoms with Gasteiger partial charge in [0, 0.05) is 12.4 Å². The first-order chi connectivity index (χ1) is 12.7. The first-order valence-corrected chi connectivity index (χ1v) is 8.06. The van der Waals surface area contributed by atoms with Crippen LogP contribution < -0.4 is 0 Å². The molecule has 0 aliphatic heterocycles. The van der Waals surface area contributed by atoms with Crippen molar-refractivity contribution in [3.63, 3.8) is 0 Å². The summed E-state index contributed by atoms with van der Waals surface area (Å²) in [6.45, 7) is 0.782. The summed E-state index contributed by atoms with van der Waals surface area (Å²) in [5, 5.41) is 4.15. The third kappa shape index (κ3) is 4.36. The monoisotopic (exact) mass is 350 g/mol. The molecule has 0 saturated heterocycles. The zero-order chi connectivity index (χ0) is 18.4. The van der Waals surface area contributed by atoms with Gasteiger partial charge < -0.3 is 9.47 Å². The molecule has 3 aromatic rings. The molecule has 0 spiro atoms. The molecule has 3 rings (SSSR count). The highest BCUT2D eigenvalue weighted by molar-refractivity contribution is 5.90. The van der Waals surface area contributed by atoms with Gasteiger partial charge >= 0.3 is 11.9 Å². The van der Waals surface area contributed by atoms with E-state index in [4.69, 9.17) is 4.74 Å². The summed E-state index contributed by atoms with van der Waals surface area (Å²) in [6, 6.07) is 15.8. The van der Waals surface area contributed by atoms with Crippen LogP contribution in [0.3, 0.4) is 0 Å². The molecule has 0 aliphatic carbocycles. The summed E-state index contributed by atoms with van der Waals surface area (Å²) >= 11 is 0. The average molecular weight is 350 g/mol. The van der Waals surface area contributed by atoms with Gasteiger partial charge in [0.15, 0.2) is 0 Å². The molecular weight excluding hydrogens is 332 g/mol. The fourth-order valence-electron chi connectivity index (χ4n) is 2.41. The lowest BCUT2D eigenvalue weighted by Crippen LogP contribution is -2.06. The topological polar surface area (TPSA) is 70.4 Å². The first-order valence-electron chi connectivity index (χ1n) is 8.06. The maximum absolute atomic E-state index is 12.2. The third-order valence-corrected chi connectivity index (χ3v) is 3.84. The Morgan fingerprint density at radius 3 is 2.12 bits per heavy atom. The van der Waals surface area contributed by atoms with Gasteiger partial charge in [0.1, 0.15) is 6.61 Å². The lowest BCUT2D eigenvalue weighted by Gasteiger charge is -2.07. The highest BCUT2D eigenvalue weighted by atomic mass is 16.5. The average Bonchev–Trinajstić information content (AvgIpc) is 3.19. The summed E-state index contributed by atoms with van der Waals surface area (Å²) in [7, 11) is 1.33. The number of aromatic nitrogens is 2. The summed E-state index contributed by atoms with van der Waals surface area (Å²) in [6.07, 6.45) is 3.61. The molecule has 0 saturated carbocycles. The van der Waals surface area contributed by atoms with Gasteiger partial charge in [-0.1, -0.05) is 24.3 Å². The third-order valence-electron chi connectivity index (χ3n) is 3.84. The Morgan fingerprint density at radius 1 is 0.923 bits per heavy atom. The van der Waals surface area contributed by atoms with Gasteiger partial charge in [-0.3, -0.25) is 4.68 Å². The van der Waals surface area contributed by atoms with Crippen LogP contribution in [0.2, 0.25) is 0 Å². The van der Waals surface area contributed by atoms with Crippen molar-refractivity contribution in [3.05, 3.63) is 89.2 Å². The van der Waals surface area contributed by atoms with Crippen molar-refractivity contribution < 1.29 is 19.1 Å². The van der Waals surface area contributed by atoms with E-state index >= 15 is 0 Å². The lowest BCUT2D eigenvalue weighted by molar-refractivity contribution is 0.0471. The molecule has 0 aliphatic rings. The number of ether oxygens (including phenoxy) is 2. The van der Waals surface area contributed by atoms with Crippen LogP contribution in [0.25, 0.3) is 0 Å². The number of hydrogen-bond donors (Lipinski definition) is 0. The number of methoxy groups -OCH3 is 1. The second-order valence-electron chi connectivity index (χ2n) is 5.67. The number of esters is 2. The molecular formula is C20H18N2O4. The minimum absolute atomic E-state index is 0.134. The maximum atomic E-state index is 12.2. The number of carbonyl (C=O) groups excluding carboxylic acids is 2. The van der Waals surface area contributed by atoms with Gasteiger partial charge in [0.25, 0.3) is 0 Å². The van der Waals surface area contributed by atoms with Gasteiger partial charge in [-0.25, -0.2) is 9.59 Å².